The summed E-state index contributed by atoms with van der Waals surface area (Å²) in [7, 11) is 1.63. The van der Waals surface area contributed by atoms with Crippen LogP contribution in [0.15, 0.2) is 58.9 Å². The van der Waals surface area contributed by atoms with Gasteiger partial charge in [-0.1, -0.05) is 23.7 Å². The van der Waals surface area contributed by atoms with Gasteiger partial charge in [0, 0.05) is 40.4 Å². The minimum atomic E-state index is -0.682. The van der Waals surface area contributed by atoms with E-state index in [1.807, 2.05) is 31.2 Å². The highest BCUT2D eigenvalue weighted by atomic mass is 35.5. The van der Waals surface area contributed by atoms with Gasteiger partial charge in [-0.2, -0.15) is 0 Å². The van der Waals surface area contributed by atoms with E-state index in [2.05, 4.69) is 5.32 Å². The number of methoxy groups -OCH3 is 1. The molecule has 0 fully saturated rings. The molecule has 0 amide bonds. The Balaban J connectivity index is 1.60. The van der Waals surface area contributed by atoms with E-state index in [9.17, 15) is 9.59 Å². The first-order chi connectivity index (χ1) is 17.3. The number of ether oxygens (including phenoxy) is 4. The third-order valence-corrected chi connectivity index (χ3v) is 7.11. The van der Waals surface area contributed by atoms with Crippen molar-refractivity contribution in [3.05, 3.63) is 75.1 Å². The zero-order chi connectivity index (χ0) is 25.6. The molecule has 8 heteroatoms. The fourth-order valence-electron chi connectivity index (χ4n) is 5.16. The van der Waals surface area contributed by atoms with Gasteiger partial charge in [-0.25, -0.2) is 4.79 Å². The molecule has 0 aromatic heterocycles. The monoisotopic (exact) mass is 509 g/mol. The molecule has 5 rings (SSSR count). The third kappa shape index (κ3) is 4.32. The minimum absolute atomic E-state index is 0.000465. The van der Waals surface area contributed by atoms with E-state index in [4.69, 9.17) is 30.5 Å². The number of benzene rings is 2. The molecule has 2 aliphatic heterocycles. The second kappa shape index (κ2) is 9.54. The molecule has 2 atom stereocenters. The van der Waals surface area contributed by atoms with Crippen molar-refractivity contribution in [2.24, 2.45) is 0 Å². The molecule has 0 bridgehead atoms. The lowest BCUT2D eigenvalue weighted by molar-refractivity contribution is -0.143. The van der Waals surface area contributed by atoms with Crippen molar-refractivity contribution in [3.63, 3.8) is 0 Å². The van der Waals surface area contributed by atoms with Gasteiger partial charge in [0.1, 0.15) is 5.75 Å². The van der Waals surface area contributed by atoms with Gasteiger partial charge in [-0.3, -0.25) is 4.79 Å². The number of Topliss-reactive ketones (excluding diaryl/α,β-unsaturated/α-hetero) is 1. The quantitative estimate of drug-likeness (QED) is 0.541. The Bertz CT molecular complexity index is 1290. The number of allylic oxidation sites excluding steroid dienone is 3. The zero-order valence-corrected chi connectivity index (χ0v) is 21.4. The van der Waals surface area contributed by atoms with Crippen LogP contribution < -0.4 is 19.5 Å². The van der Waals surface area contributed by atoms with E-state index in [0.29, 0.717) is 51.8 Å². The van der Waals surface area contributed by atoms with Crippen molar-refractivity contribution in [1.82, 2.24) is 5.32 Å². The highest BCUT2D eigenvalue weighted by molar-refractivity contribution is 6.32. The fraction of sp³-hybridized carbons (Fsp3) is 0.357. The average molecular weight is 510 g/mol. The van der Waals surface area contributed by atoms with Crippen molar-refractivity contribution >= 4 is 23.4 Å². The lowest BCUT2D eigenvalue weighted by atomic mass is 9.71. The molecule has 3 aliphatic rings. The van der Waals surface area contributed by atoms with Crippen LogP contribution in [0.4, 0.5) is 0 Å². The number of ketones is 1. The Morgan fingerprint density at radius 3 is 2.47 bits per heavy atom. The number of carbonyl (C=O) groups excluding carboxylic acids is 2. The van der Waals surface area contributed by atoms with Crippen molar-refractivity contribution in [2.45, 2.75) is 51.6 Å². The van der Waals surface area contributed by atoms with Gasteiger partial charge < -0.3 is 24.3 Å². The molecule has 36 heavy (non-hydrogen) atoms. The topological polar surface area (TPSA) is 83.1 Å². The maximum absolute atomic E-state index is 13.8. The number of rotatable bonds is 5. The summed E-state index contributed by atoms with van der Waals surface area (Å²) < 4.78 is 21.9. The first-order valence-corrected chi connectivity index (χ1v) is 12.3. The first-order valence-electron chi connectivity index (χ1n) is 11.9. The summed E-state index contributed by atoms with van der Waals surface area (Å²) in [4.78, 5) is 27.1. The van der Waals surface area contributed by atoms with Gasteiger partial charge in [0.25, 0.3) is 0 Å². The summed E-state index contributed by atoms with van der Waals surface area (Å²) in [5, 5.41) is 3.75. The highest BCUT2D eigenvalue weighted by Crippen LogP contribution is 2.49. The average Bonchev–Trinajstić information content (AvgIpc) is 3.29. The van der Waals surface area contributed by atoms with Crippen LogP contribution >= 0.6 is 11.6 Å². The largest absolute Gasteiger partial charge is 0.497 e. The van der Waals surface area contributed by atoms with E-state index in [-0.39, 0.29) is 24.6 Å². The molecule has 0 radical (unpaired) electrons. The standard InChI is InChI=1S/C28H28ClNO6/c1-14(2)36-28(32)25-15(3)30-21-9-17(16-5-7-18(33-4)8-6-16)10-22(31)27(21)26(25)19-11-23-24(12-20(19)29)35-13-34-23/h5-8,11-12,14,17,26,30H,9-10,13H2,1-4H3/t17-,26-/m0/s1. The van der Waals surface area contributed by atoms with Crippen molar-refractivity contribution in [3.8, 4) is 17.2 Å². The molecule has 0 saturated carbocycles. The number of hydrogen-bond donors (Lipinski definition) is 1. The number of carbonyl (C=O) groups is 2. The maximum atomic E-state index is 13.8. The second-order valence-electron chi connectivity index (χ2n) is 9.47. The second-order valence-corrected chi connectivity index (χ2v) is 9.88. The molecule has 0 spiro atoms. The predicted octanol–water partition coefficient (Wildman–Crippen LogP) is 5.39. The van der Waals surface area contributed by atoms with Crippen molar-refractivity contribution in [1.29, 1.82) is 0 Å². The molecule has 1 N–H and O–H groups in total. The van der Waals surface area contributed by atoms with Crippen LogP contribution in [-0.4, -0.2) is 31.8 Å². The molecular formula is C28H28ClNO6. The van der Waals surface area contributed by atoms with E-state index in [1.165, 1.54) is 0 Å². The molecule has 2 aromatic rings. The lowest BCUT2D eigenvalue weighted by Gasteiger charge is -2.37. The van der Waals surface area contributed by atoms with Gasteiger partial charge in [-0.05, 0) is 62.4 Å². The predicted molar refractivity (Wildman–Crippen MR) is 134 cm³/mol. The first kappa shape index (κ1) is 24.3. The fourth-order valence-corrected chi connectivity index (χ4v) is 5.43. The van der Waals surface area contributed by atoms with Crippen LogP contribution in [0.25, 0.3) is 0 Å². The molecule has 1 aliphatic carbocycles. The normalized spacial score (nSPS) is 20.9. The van der Waals surface area contributed by atoms with Gasteiger partial charge in [0.05, 0.1) is 18.8 Å². The lowest BCUT2D eigenvalue weighted by Crippen LogP contribution is -2.36. The van der Waals surface area contributed by atoms with Crippen LogP contribution in [0.2, 0.25) is 5.02 Å². The summed E-state index contributed by atoms with van der Waals surface area (Å²) in [5.74, 6) is 0.632. The molecule has 2 heterocycles. The van der Waals surface area contributed by atoms with Crippen LogP contribution in [0.1, 0.15) is 56.6 Å². The van der Waals surface area contributed by atoms with Crippen LogP contribution in [-0.2, 0) is 14.3 Å². The van der Waals surface area contributed by atoms with E-state index in [0.717, 1.165) is 17.0 Å². The Morgan fingerprint density at radius 2 is 1.81 bits per heavy atom. The third-order valence-electron chi connectivity index (χ3n) is 6.78. The summed E-state index contributed by atoms with van der Waals surface area (Å²) >= 11 is 6.72. The maximum Gasteiger partial charge on any atom is 0.337 e. The summed E-state index contributed by atoms with van der Waals surface area (Å²) in [5.41, 5.74) is 4.02. The van der Waals surface area contributed by atoms with Gasteiger partial charge in [0.2, 0.25) is 6.79 Å². The highest BCUT2D eigenvalue weighted by Gasteiger charge is 2.43. The summed E-state index contributed by atoms with van der Waals surface area (Å²) in [6, 6.07) is 11.2. The Kier molecular flexibility index (Phi) is 6.43. The van der Waals surface area contributed by atoms with E-state index in [1.54, 1.807) is 33.1 Å². The van der Waals surface area contributed by atoms with Crippen LogP contribution in [0.3, 0.4) is 0 Å². The Morgan fingerprint density at radius 1 is 1.11 bits per heavy atom. The SMILES string of the molecule is COc1ccc([C@@H]2CC(=O)C3=C(C2)NC(C)=C(C(=O)OC(C)C)[C@@H]3c2cc3c(cc2Cl)OCO3)cc1. The molecule has 2 aromatic carbocycles. The Labute approximate surface area is 215 Å². The summed E-state index contributed by atoms with van der Waals surface area (Å²) in [6.07, 6.45) is 0.620. The number of hydrogen-bond acceptors (Lipinski definition) is 7. The molecule has 0 saturated heterocycles. The number of dihydropyridines is 1. The molecule has 7 nitrogen and oxygen atoms in total. The number of halogens is 1. The molecule has 188 valence electrons. The number of esters is 1. The number of nitrogens with one attached hydrogen (secondary N) is 1. The van der Waals surface area contributed by atoms with Crippen LogP contribution in [0.5, 0.6) is 17.2 Å². The van der Waals surface area contributed by atoms with Crippen molar-refractivity contribution in [2.75, 3.05) is 13.9 Å². The van der Waals surface area contributed by atoms with Gasteiger partial charge >= 0.3 is 5.97 Å². The minimum Gasteiger partial charge on any atom is -0.497 e. The zero-order valence-electron chi connectivity index (χ0n) is 20.6. The van der Waals surface area contributed by atoms with Gasteiger partial charge in [-0.15, -0.1) is 0 Å². The summed E-state index contributed by atoms with van der Waals surface area (Å²) in [6.45, 7) is 5.51. The smallest absolute Gasteiger partial charge is 0.337 e. The number of fused-ring (bicyclic) bond motifs is 1. The van der Waals surface area contributed by atoms with Crippen molar-refractivity contribution < 1.29 is 28.5 Å². The van der Waals surface area contributed by atoms with Crippen LogP contribution in [0, 0.1) is 0 Å². The molecular weight excluding hydrogens is 482 g/mol. The van der Waals surface area contributed by atoms with E-state index >= 15 is 0 Å². The molecule has 0 unspecified atom stereocenters. The Hall–Kier alpha value is -3.45. The van der Waals surface area contributed by atoms with E-state index < -0.39 is 11.9 Å². The van der Waals surface area contributed by atoms with Gasteiger partial charge in [0.15, 0.2) is 17.3 Å².